The Kier molecular flexibility index (Phi) is 5.94. The van der Waals surface area contributed by atoms with Gasteiger partial charge in [0.1, 0.15) is 15.7 Å². The summed E-state index contributed by atoms with van der Waals surface area (Å²) in [4.78, 5) is 0. The smallest absolute Gasteiger partial charge is 0.147 e. The number of rotatable bonds is 7. The van der Waals surface area contributed by atoms with E-state index >= 15 is 0 Å². The fraction of sp³-hybridized carbons (Fsp3) is 0.571. The molecule has 0 radical (unpaired) electrons. The Hall–Kier alpha value is -0.940. The zero-order valence-corrected chi connectivity index (χ0v) is 12.5. The summed E-state index contributed by atoms with van der Waals surface area (Å²) in [7, 11) is -3.03. The lowest BCUT2D eigenvalue weighted by atomic mass is 9.95. The molecule has 0 heterocycles. The Bertz CT molecular complexity index is 500. The maximum absolute atomic E-state index is 13.8. The van der Waals surface area contributed by atoms with E-state index in [-0.39, 0.29) is 23.5 Å². The van der Waals surface area contributed by atoms with E-state index in [2.05, 4.69) is 5.32 Å². The highest BCUT2D eigenvalue weighted by Gasteiger charge is 2.17. The van der Waals surface area contributed by atoms with Crippen molar-refractivity contribution in [1.29, 1.82) is 0 Å². The fourth-order valence-corrected chi connectivity index (χ4v) is 2.62. The molecule has 0 saturated heterocycles. The number of halogens is 1. The summed E-state index contributed by atoms with van der Waals surface area (Å²) in [6, 6.07) is 6.85. The molecule has 0 bridgehead atoms. The normalized spacial score (nSPS) is 13.7. The second kappa shape index (κ2) is 7.01. The standard InChI is InChI=1S/C14H22FNO2S/c1-11(2)16-10-12(8-9-19(3,17)18)13-6-4-5-7-14(13)15/h4-7,11-12,16H,8-10H2,1-3H3. The molecule has 0 aliphatic rings. The third-order valence-electron chi connectivity index (χ3n) is 2.95. The van der Waals surface area contributed by atoms with E-state index < -0.39 is 9.84 Å². The number of hydrogen-bond acceptors (Lipinski definition) is 3. The van der Waals surface area contributed by atoms with Crippen LogP contribution in [-0.4, -0.2) is 33.0 Å². The molecule has 0 spiro atoms. The summed E-state index contributed by atoms with van der Waals surface area (Å²) in [5.74, 6) is -0.323. The van der Waals surface area contributed by atoms with Gasteiger partial charge in [0.25, 0.3) is 0 Å². The number of nitrogens with one attached hydrogen (secondary N) is 1. The molecule has 0 saturated carbocycles. The van der Waals surface area contributed by atoms with Crippen molar-refractivity contribution in [3.05, 3.63) is 35.6 Å². The summed E-state index contributed by atoms with van der Waals surface area (Å²) < 4.78 is 36.4. The lowest BCUT2D eigenvalue weighted by Crippen LogP contribution is -2.29. The number of benzene rings is 1. The van der Waals surface area contributed by atoms with Gasteiger partial charge in [-0.05, 0) is 18.1 Å². The highest BCUT2D eigenvalue weighted by atomic mass is 32.2. The van der Waals surface area contributed by atoms with Crippen LogP contribution in [0.25, 0.3) is 0 Å². The van der Waals surface area contributed by atoms with Gasteiger partial charge >= 0.3 is 0 Å². The molecule has 108 valence electrons. The van der Waals surface area contributed by atoms with Gasteiger partial charge in [0.2, 0.25) is 0 Å². The molecule has 0 amide bonds. The van der Waals surface area contributed by atoms with Crippen LogP contribution in [0.5, 0.6) is 0 Å². The van der Waals surface area contributed by atoms with Gasteiger partial charge in [0, 0.05) is 24.8 Å². The minimum absolute atomic E-state index is 0.0752. The second-order valence-corrected chi connectivity index (χ2v) is 7.46. The SMILES string of the molecule is CC(C)NCC(CCS(C)(=O)=O)c1ccccc1F. The fourth-order valence-electron chi connectivity index (χ4n) is 1.91. The van der Waals surface area contributed by atoms with Crippen LogP contribution in [0.4, 0.5) is 4.39 Å². The number of hydrogen-bond donors (Lipinski definition) is 1. The van der Waals surface area contributed by atoms with Gasteiger partial charge in [-0.25, -0.2) is 12.8 Å². The van der Waals surface area contributed by atoms with Gasteiger partial charge in [-0.3, -0.25) is 0 Å². The van der Waals surface area contributed by atoms with Crippen molar-refractivity contribution in [3.8, 4) is 0 Å². The van der Waals surface area contributed by atoms with Crippen molar-refractivity contribution < 1.29 is 12.8 Å². The van der Waals surface area contributed by atoms with E-state index in [1.807, 2.05) is 13.8 Å². The molecule has 19 heavy (non-hydrogen) atoms. The van der Waals surface area contributed by atoms with Gasteiger partial charge < -0.3 is 5.32 Å². The maximum atomic E-state index is 13.8. The molecule has 3 nitrogen and oxygen atoms in total. The molecular weight excluding hydrogens is 265 g/mol. The Morgan fingerprint density at radius 2 is 1.89 bits per heavy atom. The van der Waals surface area contributed by atoms with E-state index in [0.29, 0.717) is 18.5 Å². The lowest BCUT2D eigenvalue weighted by molar-refractivity contribution is 0.497. The average molecular weight is 287 g/mol. The maximum Gasteiger partial charge on any atom is 0.147 e. The van der Waals surface area contributed by atoms with Crippen molar-refractivity contribution in [2.45, 2.75) is 32.2 Å². The Labute approximate surface area is 115 Å². The third kappa shape index (κ3) is 6.16. The molecule has 1 rings (SSSR count). The molecule has 1 aromatic rings. The van der Waals surface area contributed by atoms with Crippen LogP contribution in [0.3, 0.4) is 0 Å². The monoisotopic (exact) mass is 287 g/mol. The highest BCUT2D eigenvalue weighted by Crippen LogP contribution is 2.22. The molecule has 1 atom stereocenters. The van der Waals surface area contributed by atoms with Crippen LogP contribution in [0.15, 0.2) is 24.3 Å². The molecule has 5 heteroatoms. The predicted octanol–water partition coefficient (Wildman–Crippen LogP) is 2.34. The predicted molar refractivity (Wildman–Crippen MR) is 76.6 cm³/mol. The third-order valence-corrected chi connectivity index (χ3v) is 3.93. The van der Waals surface area contributed by atoms with Gasteiger partial charge in [-0.1, -0.05) is 32.0 Å². The minimum atomic E-state index is -3.03. The first-order chi connectivity index (χ1) is 8.79. The van der Waals surface area contributed by atoms with Crippen LogP contribution >= 0.6 is 0 Å². The average Bonchev–Trinajstić information content (AvgIpc) is 2.29. The summed E-state index contributed by atoms with van der Waals surface area (Å²) >= 11 is 0. The van der Waals surface area contributed by atoms with Crippen molar-refractivity contribution in [2.24, 2.45) is 0 Å². The largest absolute Gasteiger partial charge is 0.314 e. The zero-order valence-electron chi connectivity index (χ0n) is 11.7. The van der Waals surface area contributed by atoms with Crippen LogP contribution in [0.1, 0.15) is 31.7 Å². The lowest BCUT2D eigenvalue weighted by Gasteiger charge is -2.20. The highest BCUT2D eigenvalue weighted by molar-refractivity contribution is 7.90. The Morgan fingerprint density at radius 3 is 2.42 bits per heavy atom. The first kappa shape index (κ1) is 16.1. The van der Waals surface area contributed by atoms with Crippen molar-refractivity contribution in [3.63, 3.8) is 0 Å². The van der Waals surface area contributed by atoms with E-state index in [4.69, 9.17) is 0 Å². The first-order valence-electron chi connectivity index (χ1n) is 6.45. The van der Waals surface area contributed by atoms with Crippen LogP contribution in [0, 0.1) is 5.82 Å². The minimum Gasteiger partial charge on any atom is -0.314 e. The van der Waals surface area contributed by atoms with Crippen molar-refractivity contribution in [2.75, 3.05) is 18.6 Å². The van der Waals surface area contributed by atoms with E-state index in [1.165, 1.54) is 12.3 Å². The second-order valence-electron chi connectivity index (χ2n) is 5.20. The summed E-state index contributed by atoms with van der Waals surface area (Å²) in [5.41, 5.74) is 0.583. The molecule has 0 fully saturated rings. The van der Waals surface area contributed by atoms with Gasteiger partial charge in [0.05, 0.1) is 5.75 Å². The van der Waals surface area contributed by atoms with Crippen LogP contribution in [0.2, 0.25) is 0 Å². The molecule has 1 N–H and O–H groups in total. The quantitative estimate of drug-likeness (QED) is 0.837. The molecule has 0 aliphatic heterocycles. The Morgan fingerprint density at radius 1 is 1.26 bits per heavy atom. The van der Waals surface area contributed by atoms with Crippen molar-refractivity contribution >= 4 is 9.84 Å². The summed E-state index contributed by atoms with van der Waals surface area (Å²) in [6.07, 6.45) is 1.64. The van der Waals surface area contributed by atoms with Crippen LogP contribution in [-0.2, 0) is 9.84 Å². The molecular formula is C14H22FNO2S. The van der Waals surface area contributed by atoms with E-state index in [9.17, 15) is 12.8 Å². The first-order valence-corrected chi connectivity index (χ1v) is 8.51. The molecule has 0 aromatic heterocycles. The van der Waals surface area contributed by atoms with E-state index in [0.717, 1.165) is 0 Å². The number of sulfone groups is 1. The molecule has 0 aliphatic carbocycles. The van der Waals surface area contributed by atoms with Gasteiger partial charge in [0.15, 0.2) is 0 Å². The van der Waals surface area contributed by atoms with Gasteiger partial charge in [-0.15, -0.1) is 0 Å². The van der Waals surface area contributed by atoms with Crippen molar-refractivity contribution in [1.82, 2.24) is 5.32 Å². The summed E-state index contributed by atoms with van der Waals surface area (Å²) in [6.45, 7) is 4.60. The molecule has 1 unspecified atom stereocenters. The summed E-state index contributed by atoms with van der Waals surface area (Å²) in [5, 5.41) is 3.25. The molecule has 1 aromatic carbocycles. The Balaban J connectivity index is 2.83. The van der Waals surface area contributed by atoms with Gasteiger partial charge in [-0.2, -0.15) is 0 Å². The zero-order chi connectivity index (χ0) is 14.5. The topological polar surface area (TPSA) is 46.2 Å². The van der Waals surface area contributed by atoms with E-state index in [1.54, 1.807) is 18.2 Å². The van der Waals surface area contributed by atoms with Crippen LogP contribution < -0.4 is 5.32 Å².